The second-order valence-electron chi connectivity index (χ2n) is 4.85. The first-order chi connectivity index (χ1) is 11.2. The number of aryl methyl sites for hydroxylation is 1. The molecule has 0 aliphatic heterocycles. The number of thiazole rings is 1. The van der Waals surface area contributed by atoms with Gasteiger partial charge < -0.3 is 14.6 Å². The summed E-state index contributed by atoms with van der Waals surface area (Å²) in [4.78, 5) is 16.1. The number of hydrogen-bond acceptors (Lipinski definition) is 6. The predicted octanol–water partition coefficient (Wildman–Crippen LogP) is 3.05. The first-order valence-corrected chi connectivity index (χ1v) is 7.84. The summed E-state index contributed by atoms with van der Waals surface area (Å²) in [5.74, 6) is 1.14. The summed E-state index contributed by atoms with van der Waals surface area (Å²) in [5, 5.41) is 9.33. The summed E-state index contributed by atoms with van der Waals surface area (Å²) in [5.41, 5.74) is 1.93. The number of amides is 1. The molecule has 1 aromatic carbocycles. The second-order valence-corrected chi connectivity index (χ2v) is 5.91. The maximum Gasteiger partial charge on any atom is 0.271 e. The zero-order valence-corrected chi connectivity index (χ0v) is 13.5. The standard InChI is InChI=1S/C16H15N3O3S/c1-10-18-14(9-23-10)16(20)17-8-12-7-15(22-19-12)11-4-3-5-13(6-11)21-2/h3-7,9H,8H2,1-2H3,(H,17,20). The van der Waals surface area contributed by atoms with Crippen molar-refractivity contribution >= 4 is 17.2 Å². The Morgan fingerprint density at radius 2 is 2.26 bits per heavy atom. The van der Waals surface area contributed by atoms with Crippen LogP contribution in [0.25, 0.3) is 11.3 Å². The fraction of sp³-hybridized carbons (Fsp3) is 0.188. The largest absolute Gasteiger partial charge is 0.497 e. The number of hydrogen-bond donors (Lipinski definition) is 1. The van der Waals surface area contributed by atoms with Crippen molar-refractivity contribution in [3.63, 3.8) is 0 Å². The Morgan fingerprint density at radius 1 is 1.39 bits per heavy atom. The van der Waals surface area contributed by atoms with E-state index < -0.39 is 0 Å². The molecular formula is C16H15N3O3S. The van der Waals surface area contributed by atoms with Crippen molar-refractivity contribution < 1.29 is 14.1 Å². The minimum atomic E-state index is -0.222. The van der Waals surface area contributed by atoms with Gasteiger partial charge in [-0.25, -0.2) is 4.98 Å². The Hall–Kier alpha value is -2.67. The summed E-state index contributed by atoms with van der Waals surface area (Å²) in [7, 11) is 1.61. The van der Waals surface area contributed by atoms with Crippen LogP contribution < -0.4 is 10.1 Å². The number of ether oxygens (including phenoxy) is 1. The van der Waals surface area contributed by atoms with Crippen LogP contribution >= 0.6 is 11.3 Å². The third kappa shape index (κ3) is 3.57. The van der Waals surface area contributed by atoms with Gasteiger partial charge in [0.05, 0.1) is 18.7 Å². The van der Waals surface area contributed by atoms with Crippen molar-refractivity contribution in [2.45, 2.75) is 13.5 Å². The van der Waals surface area contributed by atoms with Gasteiger partial charge in [0.15, 0.2) is 5.76 Å². The molecule has 2 aromatic heterocycles. The molecule has 0 atom stereocenters. The van der Waals surface area contributed by atoms with Crippen LogP contribution in [-0.4, -0.2) is 23.2 Å². The van der Waals surface area contributed by atoms with Crippen molar-refractivity contribution in [1.29, 1.82) is 0 Å². The lowest BCUT2D eigenvalue weighted by Crippen LogP contribution is -2.23. The minimum absolute atomic E-state index is 0.222. The maximum absolute atomic E-state index is 11.9. The second kappa shape index (κ2) is 6.62. The molecule has 2 heterocycles. The molecule has 0 bridgehead atoms. The summed E-state index contributed by atoms with van der Waals surface area (Å²) in [6, 6.07) is 9.30. The minimum Gasteiger partial charge on any atom is -0.497 e. The normalized spacial score (nSPS) is 10.5. The molecule has 3 rings (SSSR count). The Morgan fingerprint density at radius 3 is 3.00 bits per heavy atom. The van der Waals surface area contributed by atoms with Crippen molar-refractivity contribution in [3.8, 4) is 17.1 Å². The van der Waals surface area contributed by atoms with Gasteiger partial charge in [-0.2, -0.15) is 0 Å². The highest BCUT2D eigenvalue weighted by Crippen LogP contribution is 2.24. The van der Waals surface area contributed by atoms with Crippen molar-refractivity contribution in [2.75, 3.05) is 7.11 Å². The number of methoxy groups -OCH3 is 1. The molecule has 6 nitrogen and oxygen atoms in total. The van der Waals surface area contributed by atoms with E-state index in [4.69, 9.17) is 9.26 Å². The zero-order valence-electron chi connectivity index (χ0n) is 12.7. The van der Waals surface area contributed by atoms with E-state index >= 15 is 0 Å². The van der Waals surface area contributed by atoms with Gasteiger partial charge in [0.2, 0.25) is 0 Å². The number of carbonyl (C=O) groups excluding carboxylic acids is 1. The molecule has 0 saturated carbocycles. The maximum atomic E-state index is 11.9. The van der Waals surface area contributed by atoms with Crippen LogP contribution in [0.1, 0.15) is 21.2 Å². The van der Waals surface area contributed by atoms with Gasteiger partial charge in [-0.3, -0.25) is 4.79 Å². The molecule has 0 radical (unpaired) electrons. The van der Waals surface area contributed by atoms with Crippen LogP contribution in [0, 0.1) is 6.92 Å². The number of nitrogens with one attached hydrogen (secondary N) is 1. The van der Waals surface area contributed by atoms with Crippen LogP contribution in [-0.2, 0) is 6.54 Å². The van der Waals surface area contributed by atoms with Gasteiger partial charge in [-0.05, 0) is 19.1 Å². The smallest absolute Gasteiger partial charge is 0.271 e. The topological polar surface area (TPSA) is 77.2 Å². The molecular weight excluding hydrogens is 314 g/mol. The molecule has 3 aromatic rings. The van der Waals surface area contributed by atoms with Gasteiger partial charge in [0, 0.05) is 17.0 Å². The Labute approximate surface area is 137 Å². The highest BCUT2D eigenvalue weighted by Gasteiger charge is 2.11. The molecule has 0 fully saturated rings. The van der Waals surface area contributed by atoms with Crippen molar-refractivity contribution in [2.24, 2.45) is 0 Å². The fourth-order valence-corrected chi connectivity index (χ4v) is 2.63. The molecule has 7 heteroatoms. The monoisotopic (exact) mass is 329 g/mol. The SMILES string of the molecule is COc1cccc(-c2cc(CNC(=O)c3csc(C)n3)no2)c1. The molecule has 118 valence electrons. The number of benzene rings is 1. The Balaban J connectivity index is 1.66. The van der Waals surface area contributed by atoms with E-state index in [0.717, 1.165) is 16.3 Å². The van der Waals surface area contributed by atoms with Crippen molar-refractivity contribution in [3.05, 3.63) is 52.1 Å². The molecule has 0 spiro atoms. The molecule has 23 heavy (non-hydrogen) atoms. The molecule has 0 aliphatic carbocycles. The lowest BCUT2D eigenvalue weighted by molar-refractivity contribution is 0.0945. The number of aromatic nitrogens is 2. The highest BCUT2D eigenvalue weighted by atomic mass is 32.1. The highest BCUT2D eigenvalue weighted by molar-refractivity contribution is 7.09. The summed E-state index contributed by atoms with van der Waals surface area (Å²) in [6.45, 7) is 2.14. The molecule has 1 N–H and O–H groups in total. The molecule has 0 saturated heterocycles. The van der Waals surface area contributed by atoms with Gasteiger partial charge in [0.1, 0.15) is 17.1 Å². The van der Waals surface area contributed by atoms with Crippen LogP contribution in [0.15, 0.2) is 40.2 Å². The van der Waals surface area contributed by atoms with Crippen LogP contribution in [0.3, 0.4) is 0 Å². The van der Waals surface area contributed by atoms with Gasteiger partial charge >= 0.3 is 0 Å². The van der Waals surface area contributed by atoms with Crippen LogP contribution in [0.5, 0.6) is 5.75 Å². The zero-order chi connectivity index (χ0) is 16.2. The first kappa shape index (κ1) is 15.2. The fourth-order valence-electron chi connectivity index (χ4n) is 2.04. The average molecular weight is 329 g/mol. The van der Waals surface area contributed by atoms with Crippen LogP contribution in [0.4, 0.5) is 0 Å². The Kier molecular flexibility index (Phi) is 4.38. The van der Waals surface area contributed by atoms with E-state index in [9.17, 15) is 4.79 Å². The number of rotatable bonds is 5. The number of carbonyl (C=O) groups is 1. The lowest BCUT2D eigenvalue weighted by Gasteiger charge is -2.00. The van der Waals surface area contributed by atoms with E-state index in [0.29, 0.717) is 17.1 Å². The van der Waals surface area contributed by atoms with E-state index in [1.807, 2.05) is 31.2 Å². The number of nitrogens with zero attached hydrogens (tertiary/aromatic N) is 2. The Bertz CT molecular complexity index is 825. The molecule has 0 aliphatic rings. The molecule has 0 unspecified atom stereocenters. The summed E-state index contributed by atoms with van der Waals surface area (Å²) >= 11 is 1.44. The molecule has 1 amide bonds. The summed E-state index contributed by atoms with van der Waals surface area (Å²) in [6.07, 6.45) is 0. The third-order valence-electron chi connectivity index (χ3n) is 3.19. The van der Waals surface area contributed by atoms with Gasteiger partial charge in [0.25, 0.3) is 5.91 Å². The van der Waals surface area contributed by atoms with E-state index in [2.05, 4.69) is 15.5 Å². The average Bonchev–Trinajstić information content (AvgIpc) is 3.22. The quantitative estimate of drug-likeness (QED) is 0.778. The van der Waals surface area contributed by atoms with E-state index in [1.165, 1.54) is 11.3 Å². The van der Waals surface area contributed by atoms with Crippen molar-refractivity contribution in [1.82, 2.24) is 15.5 Å². The summed E-state index contributed by atoms with van der Waals surface area (Å²) < 4.78 is 10.5. The first-order valence-electron chi connectivity index (χ1n) is 6.96. The third-order valence-corrected chi connectivity index (χ3v) is 3.97. The van der Waals surface area contributed by atoms with E-state index in [1.54, 1.807) is 18.6 Å². The lowest BCUT2D eigenvalue weighted by atomic mass is 10.1. The van der Waals surface area contributed by atoms with Gasteiger partial charge in [-0.15, -0.1) is 11.3 Å². The van der Waals surface area contributed by atoms with E-state index in [-0.39, 0.29) is 12.5 Å². The predicted molar refractivity (Wildman–Crippen MR) is 86.5 cm³/mol. The van der Waals surface area contributed by atoms with Gasteiger partial charge in [-0.1, -0.05) is 17.3 Å². The van der Waals surface area contributed by atoms with Crippen LogP contribution in [0.2, 0.25) is 0 Å².